The summed E-state index contributed by atoms with van der Waals surface area (Å²) in [7, 11) is 1.52. The van der Waals surface area contributed by atoms with Crippen LogP contribution in [0.25, 0.3) is 10.9 Å². The van der Waals surface area contributed by atoms with Gasteiger partial charge in [-0.2, -0.15) is 0 Å². The molecule has 3 rings (SSSR count). The number of benzene rings is 2. The third-order valence-corrected chi connectivity index (χ3v) is 4.06. The van der Waals surface area contributed by atoms with Gasteiger partial charge in [-0.3, -0.25) is 14.2 Å². The predicted octanol–water partition coefficient (Wildman–Crippen LogP) is 3.59. The molecule has 0 fully saturated rings. The van der Waals surface area contributed by atoms with Crippen molar-refractivity contribution in [3.8, 4) is 5.75 Å². The number of carbonyl (C=O) groups is 1. The number of carbonyl (C=O) groups excluding carboxylic acids is 1. The maximum Gasteiger partial charge on any atom is 0.261 e. The summed E-state index contributed by atoms with van der Waals surface area (Å²) in [5.41, 5.74) is 0.433. The van der Waals surface area contributed by atoms with Crippen molar-refractivity contribution in [2.24, 2.45) is 0 Å². The zero-order chi connectivity index (χ0) is 17.3. The summed E-state index contributed by atoms with van der Waals surface area (Å²) in [6, 6.07) is 9.75. The van der Waals surface area contributed by atoms with Crippen LogP contribution in [0.2, 0.25) is 10.0 Å². The molecule has 0 aliphatic heterocycles. The van der Waals surface area contributed by atoms with Crippen LogP contribution >= 0.6 is 23.2 Å². The SMILES string of the molecule is COc1cccc(C(=O)Cn2cnc3c(Cl)cc(Cl)cc3c2=O)c1. The van der Waals surface area contributed by atoms with Crippen LogP contribution in [0, 0.1) is 0 Å². The summed E-state index contributed by atoms with van der Waals surface area (Å²) < 4.78 is 6.33. The zero-order valence-corrected chi connectivity index (χ0v) is 14.1. The Bertz CT molecular complexity index is 999. The number of ether oxygens (including phenoxy) is 1. The minimum absolute atomic E-state index is 0.140. The number of hydrogen-bond acceptors (Lipinski definition) is 4. The second-order valence-electron chi connectivity index (χ2n) is 5.12. The average molecular weight is 363 g/mol. The fourth-order valence-corrected chi connectivity index (χ4v) is 2.89. The van der Waals surface area contributed by atoms with Gasteiger partial charge in [-0.05, 0) is 24.3 Å². The van der Waals surface area contributed by atoms with E-state index in [-0.39, 0.29) is 23.3 Å². The molecule has 2 aromatic carbocycles. The molecule has 0 amide bonds. The second kappa shape index (κ2) is 6.63. The van der Waals surface area contributed by atoms with Gasteiger partial charge in [0.1, 0.15) is 5.75 Å². The van der Waals surface area contributed by atoms with E-state index in [4.69, 9.17) is 27.9 Å². The van der Waals surface area contributed by atoms with E-state index in [9.17, 15) is 9.59 Å². The molecule has 7 heteroatoms. The molecule has 0 saturated heterocycles. The Morgan fingerprint density at radius 2 is 2.04 bits per heavy atom. The van der Waals surface area contributed by atoms with E-state index in [1.54, 1.807) is 24.3 Å². The molecule has 0 bridgehead atoms. The summed E-state index contributed by atoms with van der Waals surface area (Å²) in [4.78, 5) is 29.1. The molecular formula is C17H12Cl2N2O3. The molecule has 3 aromatic rings. The number of nitrogens with zero attached hydrogens (tertiary/aromatic N) is 2. The first kappa shape index (κ1) is 16.5. The molecule has 0 spiro atoms. The maximum atomic E-state index is 12.6. The zero-order valence-electron chi connectivity index (χ0n) is 12.6. The van der Waals surface area contributed by atoms with Crippen LogP contribution < -0.4 is 10.3 Å². The van der Waals surface area contributed by atoms with Crippen molar-refractivity contribution in [1.82, 2.24) is 9.55 Å². The van der Waals surface area contributed by atoms with Crippen molar-refractivity contribution in [2.45, 2.75) is 6.54 Å². The highest BCUT2D eigenvalue weighted by Crippen LogP contribution is 2.24. The van der Waals surface area contributed by atoms with Crippen molar-refractivity contribution >= 4 is 39.9 Å². The van der Waals surface area contributed by atoms with E-state index in [1.165, 1.54) is 30.1 Å². The minimum Gasteiger partial charge on any atom is -0.497 e. The summed E-state index contributed by atoms with van der Waals surface area (Å²) in [6.45, 7) is -0.140. The molecular weight excluding hydrogens is 351 g/mol. The van der Waals surface area contributed by atoms with Gasteiger partial charge < -0.3 is 4.74 Å². The number of methoxy groups -OCH3 is 1. The van der Waals surface area contributed by atoms with Crippen molar-refractivity contribution in [3.63, 3.8) is 0 Å². The van der Waals surface area contributed by atoms with Gasteiger partial charge in [-0.15, -0.1) is 0 Å². The predicted molar refractivity (Wildman–Crippen MR) is 93.3 cm³/mol. The van der Waals surface area contributed by atoms with E-state index >= 15 is 0 Å². The lowest BCUT2D eigenvalue weighted by Crippen LogP contribution is -2.24. The Morgan fingerprint density at radius 3 is 2.79 bits per heavy atom. The second-order valence-corrected chi connectivity index (χ2v) is 5.96. The highest BCUT2D eigenvalue weighted by molar-refractivity contribution is 6.38. The summed E-state index contributed by atoms with van der Waals surface area (Å²) in [5, 5.41) is 0.901. The Morgan fingerprint density at radius 1 is 1.25 bits per heavy atom. The topological polar surface area (TPSA) is 61.2 Å². The summed E-state index contributed by atoms with van der Waals surface area (Å²) >= 11 is 12.0. The van der Waals surface area contributed by atoms with Crippen LogP contribution in [0.1, 0.15) is 10.4 Å². The molecule has 5 nitrogen and oxygen atoms in total. The van der Waals surface area contributed by atoms with Crippen LogP contribution in [0.5, 0.6) is 5.75 Å². The lowest BCUT2D eigenvalue weighted by atomic mass is 10.1. The van der Waals surface area contributed by atoms with Gasteiger partial charge in [0.05, 0.1) is 35.9 Å². The van der Waals surface area contributed by atoms with E-state index in [1.807, 2.05) is 0 Å². The molecule has 0 radical (unpaired) electrons. The van der Waals surface area contributed by atoms with Crippen molar-refractivity contribution in [2.75, 3.05) is 7.11 Å². The third-order valence-electron chi connectivity index (χ3n) is 3.55. The first-order valence-corrected chi connectivity index (χ1v) is 7.76. The number of hydrogen-bond donors (Lipinski definition) is 0. The maximum absolute atomic E-state index is 12.6. The number of rotatable bonds is 4. The monoisotopic (exact) mass is 362 g/mol. The molecule has 1 aromatic heterocycles. The highest BCUT2D eigenvalue weighted by Gasteiger charge is 2.13. The number of halogens is 2. The normalized spacial score (nSPS) is 10.8. The van der Waals surface area contributed by atoms with Gasteiger partial charge in [0, 0.05) is 10.6 Å². The molecule has 1 heterocycles. The van der Waals surface area contributed by atoms with Crippen LogP contribution in [-0.2, 0) is 6.54 Å². The number of ketones is 1. The van der Waals surface area contributed by atoms with Crippen molar-refractivity contribution in [1.29, 1.82) is 0 Å². The molecule has 0 atom stereocenters. The van der Waals surface area contributed by atoms with Crippen LogP contribution in [0.15, 0.2) is 47.5 Å². The Hall–Kier alpha value is -2.37. The summed E-state index contributed by atoms with van der Waals surface area (Å²) in [5.74, 6) is 0.341. The van der Waals surface area contributed by atoms with Gasteiger partial charge in [-0.25, -0.2) is 4.98 Å². The quantitative estimate of drug-likeness (QED) is 0.665. The highest BCUT2D eigenvalue weighted by atomic mass is 35.5. The number of aromatic nitrogens is 2. The average Bonchev–Trinajstić information content (AvgIpc) is 2.57. The van der Waals surface area contributed by atoms with Gasteiger partial charge in [0.25, 0.3) is 5.56 Å². The van der Waals surface area contributed by atoms with E-state index in [0.717, 1.165) is 0 Å². The Balaban J connectivity index is 1.99. The first-order chi connectivity index (χ1) is 11.5. The van der Waals surface area contributed by atoms with Crippen molar-refractivity contribution < 1.29 is 9.53 Å². The van der Waals surface area contributed by atoms with Crippen LogP contribution in [-0.4, -0.2) is 22.4 Å². The molecule has 0 unspecified atom stereocenters. The fourth-order valence-electron chi connectivity index (χ4n) is 2.35. The molecule has 24 heavy (non-hydrogen) atoms. The standard InChI is InChI=1S/C17H12Cl2N2O3/c1-24-12-4-2-3-10(5-12)15(22)8-21-9-20-16-13(17(21)23)6-11(18)7-14(16)19/h2-7,9H,8H2,1H3. The molecule has 0 aliphatic rings. The molecule has 0 aliphatic carbocycles. The van der Waals surface area contributed by atoms with Gasteiger partial charge in [0.2, 0.25) is 0 Å². The Kier molecular flexibility index (Phi) is 4.55. The van der Waals surface area contributed by atoms with E-state index in [2.05, 4.69) is 4.98 Å². The number of Topliss-reactive ketones (excluding diaryl/α,β-unsaturated/α-hetero) is 1. The largest absolute Gasteiger partial charge is 0.497 e. The van der Waals surface area contributed by atoms with Crippen LogP contribution in [0.4, 0.5) is 0 Å². The fraction of sp³-hybridized carbons (Fsp3) is 0.118. The minimum atomic E-state index is -0.374. The molecule has 0 saturated carbocycles. The lowest BCUT2D eigenvalue weighted by molar-refractivity contribution is 0.0970. The van der Waals surface area contributed by atoms with Crippen molar-refractivity contribution in [3.05, 3.63) is 68.7 Å². The lowest BCUT2D eigenvalue weighted by Gasteiger charge is -2.08. The number of fused-ring (bicyclic) bond motifs is 1. The van der Waals surface area contributed by atoms with Gasteiger partial charge in [0.15, 0.2) is 5.78 Å². The Labute approximate surface area is 147 Å². The first-order valence-electron chi connectivity index (χ1n) is 7.01. The smallest absolute Gasteiger partial charge is 0.261 e. The third kappa shape index (κ3) is 3.13. The summed E-state index contributed by atoms with van der Waals surface area (Å²) in [6.07, 6.45) is 1.31. The van der Waals surface area contributed by atoms with E-state index in [0.29, 0.717) is 26.9 Å². The van der Waals surface area contributed by atoms with Gasteiger partial charge >= 0.3 is 0 Å². The van der Waals surface area contributed by atoms with Gasteiger partial charge in [-0.1, -0.05) is 35.3 Å². The molecule has 122 valence electrons. The van der Waals surface area contributed by atoms with E-state index < -0.39 is 0 Å². The van der Waals surface area contributed by atoms with Crippen LogP contribution in [0.3, 0.4) is 0 Å². The molecule has 0 N–H and O–H groups in total.